The molecule has 0 bridgehead atoms. The Hall–Kier alpha value is -0.180. The van der Waals surface area contributed by atoms with Crippen LogP contribution in [0.4, 0.5) is 0 Å². The highest BCUT2D eigenvalue weighted by molar-refractivity contribution is 7.90. The Labute approximate surface area is 96.9 Å². The molecule has 0 heterocycles. The Morgan fingerprint density at radius 1 is 1.12 bits per heavy atom. The zero-order valence-corrected chi connectivity index (χ0v) is 11.1. The van der Waals surface area contributed by atoms with E-state index in [0.717, 1.165) is 6.42 Å². The quantitative estimate of drug-likeness (QED) is 0.519. The molecule has 1 N–H and O–H groups in total. The summed E-state index contributed by atoms with van der Waals surface area (Å²) in [5.74, 6) is -1.55. The molecule has 1 atom stereocenters. The van der Waals surface area contributed by atoms with Crippen LogP contribution in [0.1, 0.15) is 33.1 Å². The van der Waals surface area contributed by atoms with Crippen molar-refractivity contribution in [2.24, 2.45) is 0 Å². The van der Waals surface area contributed by atoms with Crippen molar-refractivity contribution in [2.45, 2.75) is 39.2 Å². The fourth-order valence-corrected chi connectivity index (χ4v) is 3.51. The van der Waals surface area contributed by atoms with Gasteiger partial charge in [-0.05, 0) is 12.8 Å². The standard InChI is InChI=1S/C8H18O6S2/c1-3-5-8(4-2)14-16(12,13)7-6-15(9,10)11/h8H,3-7H2,1-2H3,(H,9,10,11). The summed E-state index contributed by atoms with van der Waals surface area (Å²) < 4.78 is 56.7. The van der Waals surface area contributed by atoms with Gasteiger partial charge in [0.1, 0.15) is 0 Å². The van der Waals surface area contributed by atoms with Gasteiger partial charge in [-0.15, -0.1) is 0 Å². The molecule has 0 aliphatic rings. The van der Waals surface area contributed by atoms with E-state index in [0.29, 0.717) is 12.8 Å². The van der Waals surface area contributed by atoms with Gasteiger partial charge in [0.15, 0.2) is 0 Å². The average molecular weight is 274 g/mol. The van der Waals surface area contributed by atoms with Crippen molar-refractivity contribution in [1.82, 2.24) is 0 Å². The van der Waals surface area contributed by atoms with E-state index in [-0.39, 0.29) is 0 Å². The highest BCUT2D eigenvalue weighted by Crippen LogP contribution is 2.10. The number of hydrogen-bond donors (Lipinski definition) is 1. The first kappa shape index (κ1) is 15.8. The molecule has 0 aromatic rings. The van der Waals surface area contributed by atoms with E-state index in [1.807, 2.05) is 6.92 Å². The van der Waals surface area contributed by atoms with Crippen molar-refractivity contribution in [3.63, 3.8) is 0 Å². The van der Waals surface area contributed by atoms with Crippen LogP contribution in [-0.2, 0) is 24.4 Å². The Morgan fingerprint density at radius 3 is 2.06 bits per heavy atom. The fraction of sp³-hybridized carbons (Fsp3) is 1.00. The fourth-order valence-electron chi connectivity index (χ4n) is 1.11. The molecule has 0 saturated heterocycles. The molecule has 0 saturated carbocycles. The van der Waals surface area contributed by atoms with E-state index >= 15 is 0 Å². The first-order chi connectivity index (χ1) is 7.20. The summed E-state index contributed by atoms with van der Waals surface area (Å²) >= 11 is 0. The second-order valence-electron chi connectivity index (χ2n) is 3.46. The summed E-state index contributed by atoms with van der Waals surface area (Å²) in [5, 5.41) is 0. The summed E-state index contributed by atoms with van der Waals surface area (Å²) in [6, 6.07) is 0. The molecule has 0 fully saturated rings. The lowest BCUT2D eigenvalue weighted by atomic mass is 10.2. The normalized spacial score (nSPS) is 14.9. The van der Waals surface area contributed by atoms with Crippen LogP contribution in [0.15, 0.2) is 0 Å². The van der Waals surface area contributed by atoms with Gasteiger partial charge < -0.3 is 0 Å². The van der Waals surface area contributed by atoms with E-state index in [4.69, 9.17) is 8.74 Å². The maximum absolute atomic E-state index is 11.3. The lowest BCUT2D eigenvalue weighted by Crippen LogP contribution is -2.23. The zero-order valence-electron chi connectivity index (χ0n) is 9.42. The van der Waals surface area contributed by atoms with E-state index in [2.05, 4.69) is 0 Å². The predicted octanol–water partition coefficient (Wildman–Crippen LogP) is 0.799. The molecule has 0 aromatic heterocycles. The minimum absolute atomic E-state index is 0.420. The van der Waals surface area contributed by atoms with Crippen molar-refractivity contribution in [3.05, 3.63) is 0 Å². The summed E-state index contributed by atoms with van der Waals surface area (Å²) in [4.78, 5) is 0. The van der Waals surface area contributed by atoms with Crippen molar-refractivity contribution in [2.75, 3.05) is 11.5 Å². The third kappa shape index (κ3) is 8.03. The van der Waals surface area contributed by atoms with Crippen molar-refractivity contribution in [3.8, 4) is 0 Å². The van der Waals surface area contributed by atoms with Gasteiger partial charge in [-0.1, -0.05) is 20.3 Å². The highest BCUT2D eigenvalue weighted by atomic mass is 32.2. The van der Waals surface area contributed by atoms with Gasteiger partial charge in [0, 0.05) is 0 Å². The van der Waals surface area contributed by atoms with E-state index in [1.54, 1.807) is 6.92 Å². The van der Waals surface area contributed by atoms with Gasteiger partial charge in [0.2, 0.25) is 0 Å². The minimum Gasteiger partial charge on any atom is -0.286 e. The minimum atomic E-state index is -4.27. The SMILES string of the molecule is CCCC(CC)OS(=O)(=O)CCS(=O)(=O)O. The Balaban J connectivity index is 4.34. The molecule has 0 aliphatic heterocycles. The zero-order chi connectivity index (χ0) is 12.8. The van der Waals surface area contributed by atoms with Crippen LogP contribution in [0.25, 0.3) is 0 Å². The predicted molar refractivity (Wildman–Crippen MR) is 60.3 cm³/mol. The third-order valence-electron chi connectivity index (χ3n) is 1.94. The summed E-state index contributed by atoms with van der Waals surface area (Å²) in [5.41, 5.74) is 0. The molecule has 0 spiro atoms. The number of hydrogen-bond acceptors (Lipinski definition) is 5. The van der Waals surface area contributed by atoms with Gasteiger partial charge in [0.05, 0.1) is 17.6 Å². The second kappa shape index (κ2) is 6.53. The molecular formula is C8H18O6S2. The van der Waals surface area contributed by atoms with Crippen LogP contribution in [0.3, 0.4) is 0 Å². The van der Waals surface area contributed by atoms with Crippen LogP contribution in [-0.4, -0.2) is 39.0 Å². The molecular weight excluding hydrogens is 256 g/mol. The maximum atomic E-state index is 11.3. The summed E-state index contributed by atoms with van der Waals surface area (Å²) in [6.45, 7) is 3.69. The lowest BCUT2D eigenvalue weighted by Gasteiger charge is -2.14. The summed E-state index contributed by atoms with van der Waals surface area (Å²) in [7, 11) is -8.16. The lowest BCUT2D eigenvalue weighted by molar-refractivity contribution is 0.193. The largest absolute Gasteiger partial charge is 0.286 e. The monoisotopic (exact) mass is 274 g/mol. The molecule has 16 heavy (non-hydrogen) atoms. The third-order valence-corrected chi connectivity index (χ3v) is 4.19. The van der Waals surface area contributed by atoms with Gasteiger partial charge in [-0.25, -0.2) is 0 Å². The van der Waals surface area contributed by atoms with E-state index < -0.39 is 37.8 Å². The maximum Gasteiger partial charge on any atom is 0.268 e. The van der Waals surface area contributed by atoms with Crippen LogP contribution >= 0.6 is 0 Å². The smallest absolute Gasteiger partial charge is 0.268 e. The summed E-state index contributed by atoms with van der Waals surface area (Å²) in [6.07, 6.45) is 1.50. The second-order valence-corrected chi connectivity index (χ2v) is 6.75. The molecule has 1 unspecified atom stereocenters. The Bertz CT molecular complexity index is 383. The molecule has 0 aliphatic carbocycles. The molecule has 6 nitrogen and oxygen atoms in total. The van der Waals surface area contributed by atoms with E-state index in [1.165, 1.54) is 0 Å². The number of rotatable bonds is 8. The molecule has 0 aromatic carbocycles. The van der Waals surface area contributed by atoms with Crippen LogP contribution in [0.2, 0.25) is 0 Å². The molecule has 0 radical (unpaired) electrons. The Morgan fingerprint density at radius 2 is 1.69 bits per heavy atom. The van der Waals surface area contributed by atoms with Gasteiger partial charge >= 0.3 is 0 Å². The highest BCUT2D eigenvalue weighted by Gasteiger charge is 2.20. The van der Waals surface area contributed by atoms with Gasteiger partial charge in [-0.2, -0.15) is 16.8 Å². The van der Waals surface area contributed by atoms with Crippen molar-refractivity contribution < 1.29 is 25.6 Å². The molecule has 98 valence electrons. The van der Waals surface area contributed by atoms with Crippen molar-refractivity contribution >= 4 is 20.2 Å². The topological polar surface area (TPSA) is 97.7 Å². The molecule has 0 rings (SSSR count). The Kier molecular flexibility index (Phi) is 6.46. The van der Waals surface area contributed by atoms with E-state index in [9.17, 15) is 16.8 Å². The molecule has 8 heteroatoms. The van der Waals surface area contributed by atoms with Gasteiger partial charge in [-0.3, -0.25) is 8.74 Å². The first-order valence-electron chi connectivity index (χ1n) is 5.06. The van der Waals surface area contributed by atoms with Crippen LogP contribution in [0.5, 0.6) is 0 Å². The van der Waals surface area contributed by atoms with Crippen LogP contribution in [0, 0.1) is 0 Å². The van der Waals surface area contributed by atoms with Gasteiger partial charge in [0.25, 0.3) is 20.2 Å². The van der Waals surface area contributed by atoms with Crippen molar-refractivity contribution in [1.29, 1.82) is 0 Å². The average Bonchev–Trinajstić information content (AvgIpc) is 2.13. The molecule has 0 amide bonds. The first-order valence-corrected chi connectivity index (χ1v) is 8.25. The van der Waals surface area contributed by atoms with Crippen LogP contribution < -0.4 is 0 Å².